The number of aromatic nitrogens is 1. The lowest BCUT2D eigenvalue weighted by atomic mass is 9.94. The van der Waals surface area contributed by atoms with Crippen LogP contribution in [0.2, 0.25) is 0 Å². The molecule has 228 valence electrons. The van der Waals surface area contributed by atoms with E-state index in [1.165, 1.54) is 16.2 Å². The monoisotopic (exact) mass is 614 g/mol. The average Bonchev–Trinajstić information content (AvgIpc) is 3.69. The number of fused-ring (bicyclic) bond motifs is 2. The van der Waals surface area contributed by atoms with Crippen molar-refractivity contribution >= 4 is 44.1 Å². The van der Waals surface area contributed by atoms with E-state index < -0.39 is 17.7 Å². The Labute approximate surface area is 259 Å². The van der Waals surface area contributed by atoms with Gasteiger partial charge in [-0.2, -0.15) is 0 Å². The fraction of sp³-hybridized carbons (Fsp3) is 0.324. The lowest BCUT2D eigenvalue weighted by Crippen LogP contribution is -2.29. The summed E-state index contributed by atoms with van der Waals surface area (Å²) in [5.41, 5.74) is 2.57. The van der Waals surface area contributed by atoms with Gasteiger partial charge in [-0.25, -0.2) is 4.98 Å². The molecule has 0 spiro atoms. The highest BCUT2D eigenvalue weighted by molar-refractivity contribution is 7.22. The van der Waals surface area contributed by atoms with Crippen LogP contribution in [0.5, 0.6) is 23.0 Å². The molecule has 10 heteroatoms. The number of benzene rings is 3. The molecule has 1 amide bonds. The molecule has 0 aliphatic carbocycles. The third-order valence-corrected chi connectivity index (χ3v) is 8.76. The summed E-state index contributed by atoms with van der Waals surface area (Å²) < 4.78 is 23.9. The second-order valence-corrected chi connectivity index (χ2v) is 11.8. The molecule has 1 fully saturated rings. The van der Waals surface area contributed by atoms with Crippen molar-refractivity contribution in [3.8, 4) is 23.0 Å². The molecule has 1 N–H and O–H groups in total. The highest BCUT2D eigenvalue weighted by Gasteiger charge is 2.48. The van der Waals surface area contributed by atoms with Gasteiger partial charge >= 0.3 is 5.91 Å². The molecule has 44 heavy (non-hydrogen) atoms. The maximum atomic E-state index is 13.8. The van der Waals surface area contributed by atoms with Gasteiger partial charge in [0, 0.05) is 12.0 Å². The summed E-state index contributed by atoms with van der Waals surface area (Å²) in [6.45, 7) is 6.87. The number of hydrogen-bond donors (Lipinski definition) is 1. The Kier molecular flexibility index (Phi) is 8.18. The number of thiazole rings is 1. The van der Waals surface area contributed by atoms with E-state index >= 15 is 0 Å². The van der Waals surface area contributed by atoms with Crippen LogP contribution >= 0.6 is 11.3 Å². The van der Waals surface area contributed by atoms with Crippen molar-refractivity contribution < 1.29 is 33.6 Å². The SMILES string of the molecule is CCCCOc1ccc(C2/C(=C(\O)c3ccc4c(c3)CC(C)O4)C(=O)C(=O)N2c2nc3ccc(OC)cc3s2)cc1OCC. The summed E-state index contributed by atoms with van der Waals surface area (Å²) in [5.74, 6) is 0.627. The smallest absolute Gasteiger partial charge is 0.301 e. The Balaban J connectivity index is 1.51. The van der Waals surface area contributed by atoms with E-state index in [9.17, 15) is 14.7 Å². The van der Waals surface area contributed by atoms with Gasteiger partial charge in [-0.1, -0.05) is 30.7 Å². The van der Waals surface area contributed by atoms with Crippen LogP contribution in [0.1, 0.15) is 56.3 Å². The first-order chi connectivity index (χ1) is 21.3. The largest absolute Gasteiger partial charge is 0.507 e. The highest BCUT2D eigenvalue weighted by atomic mass is 32.1. The second kappa shape index (κ2) is 12.2. The standard InChI is InChI=1S/C34H34N2O7S/c1-5-7-14-42-26-13-8-20(17-27(26)41-6-2)30-29(31(37)21-9-12-25-22(16-21)15-19(3)43-25)32(38)33(39)36(30)34-35-24-11-10-23(40-4)18-28(24)44-34/h8-13,16-19,30,37H,5-7,14-15H2,1-4H3/b31-29+. The number of amides is 1. The maximum Gasteiger partial charge on any atom is 0.301 e. The molecule has 0 bridgehead atoms. The number of ketones is 1. The third-order valence-electron chi connectivity index (χ3n) is 7.74. The Morgan fingerprint density at radius 3 is 2.68 bits per heavy atom. The molecule has 2 aliphatic rings. The van der Waals surface area contributed by atoms with Crippen molar-refractivity contribution in [2.75, 3.05) is 25.2 Å². The van der Waals surface area contributed by atoms with E-state index in [-0.39, 0.29) is 17.4 Å². The zero-order valence-electron chi connectivity index (χ0n) is 25.1. The van der Waals surface area contributed by atoms with E-state index in [4.69, 9.17) is 23.9 Å². The normalized spacial score (nSPS) is 18.9. The van der Waals surface area contributed by atoms with Gasteiger partial charge in [-0.15, -0.1) is 0 Å². The fourth-order valence-electron chi connectivity index (χ4n) is 5.60. The predicted octanol–water partition coefficient (Wildman–Crippen LogP) is 6.83. The Bertz CT molecular complexity index is 1780. The third kappa shape index (κ3) is 5.34. The lowest BCUT2D eigenvalue weighted by molar-refractivity contribution is -0.132. The number of carbonyl (C=O) groups excluding carboxylic acids is 2. The lowest BCUT2D eigenvalue weighted by Gasteiger charge is -2.24. The van der Waals surface area contributed by atoms with E-state index in [2.05, 4.69) is 6.92 Å². The first-order valence-electron chi connectivity index (χ1n) is 14.8. The van der Waals surface area contributed by atoms with Crippen LogP contribution in [-0.2, 0) is 16.0 Å². The summed E-state index contributed by atoms with van der Waals surface area (Å²) in [6, 6.07) is 15.1. The van der Waals surface area contributed by atoms with Gasteiger partial charge in [-0.3, -0.25) is 14.5 Å². The topological polar surface area (TPSA) is 107 Å². The predicted molar refractivity (Wildman–Crippen MR) is 169 cm³/mol. The molecule has 4 aromatic rings. The van der Waals surface area contributed by atoms with Gasteiger partial charge < -0.3 is 24.1 Å². The number of unbranched alkanes of at least 4 members (excludes halogenated alkanes) is 1. The van der Waals surface area contributed by atoms with Crippen molar-refractivity contribution in [1.29, 1.82) is 0 Å². The van der Waals surface area contributed by atoms with E-state index in [0.29, 0.717) is 58.7 Å². The number of aliphatic hydroxyl groups excluding tert-OH is 1. The zero-order chi connectivity index (χ0) is 31.0. The molecule has 3 heterocycles. The van der Waals surface area contributed by atoms with Crippen LogP contribution in [0, 0.1) is 0 Å². The molecule has 2 aliphatic heterocycles. The van der Waals surface area contributed by atoms with Crippen molar-refractivity contribution in [3.05, 3.63) is 76.9 Å². The molecule has 9 nitrogen and oxygen atoms in total. The number of nitrogens with zero attached hydrogens (tertiary/aromatic N) is 2. The second-order valence-electron chi connectivity index (χ2n) is 10.8. The molecule has 2 atom stereocenters. The Morgan fingerprint density at radius 1 is 1.07 bits per heavy atom. The van der Waals surface area contributed by atoms with Gasteiger partial charge in [-0.05, 0) is 79.9 Å². The van der Waals surface area contributed by atoms with E-state index in [0.717, 1.165) is 28.9 Å². The summed E-state index contributed by atoms with van der Waals surface area (Å²) in [7, 11) is 1.58. The Hall–Kier alpha value is -4.57. The number of aliphatic hydroxyl groups is 1. The molecule has 2 unspecified atom stereocenters. The highest BCUT2D eigenvalue weighted by Crippen LogP contribution is 2.46. The van der Waals surface area contributed by atoms with Crippen LogP contribution in [0.4, 0.5) is 5.13 Å². The molecule has 1 aromatic heterocycles. The molecule has 0 radical (unpaired) electrons. The fourth-order valence-corrected chi connectivity index (χ4v) is 6.62. The van der Waals surface area contributed by atoms with Crippen molar-refractivity contribution in [2.45, 2.75) is 52.2 Å². The number of carbonyl (C=O) groups is 2. The van der Waals surface area contributed by atoms with E-state index in [1.807, 2.05) is 32.0 Å². The van der Waals surface area contributed by atoms with Gasteiger partial charge in [0.05, 0.1) is 42.2 Å². The van der Waals surface area contributed by atoms with Gasteiger partial charge in [0.1, 0.15) is 23.4 Å². The van der Waals surface area contributed by atoms with Crippen LogP contribution in [0.25, 0.3) is 16.0 Å². The molecule has 3 aromatic carbocycles. The van der Waals surface area contributed by atoms with Crippen molar-refractivity contribution in [1.82, 2.24) is 4.98 Å². The van der Waals surface area contributed by atoms with Crippen LogP contribution in [0.15, 0.2) is 60.2 Å². The summed E-state index contributed by atoms with van der Waals surface area (Å²) in [6.07, 6.45) is 2.57. The number of Topliss-reactive ketones (excluding diaryl/α,β-unsaturated/α-hetero) is 1. The number of methoxy groups -OCH3 is 1. The molecule has 0 saturated carbocycles. The number of rotatable bonds is 10. The van der Waals surface area contributed by atoms with Gasteiger partial charge in [0.2, 0.25) is 0 Å². The van der Waals surface area contributed by atoms with Crippen LogP contribution < -0.4 is 23.8 Å². The van der Waals surface area contributed by atoms with E-state index in [1.54, 1.807) is 43.5 Å². The minimum atomic E-state index is -0.968. The molecule has 1 saturated heterocycles. The number of ether oxygens (including phenoxy) is 4. The minimum absolute atomic E-state index is 0.0145. The number of anilines is 1. The Morgan fingerprint density at radius 2 is 1.91 bits per heavy atom. The quantitative estimate of drug-likeness (QED) is 0.0896. The van der Waals surface area contributed by atoms with Gasteiger partial charge in [0.15, 0.2) is 16.6 Å². The van der Waals surface area contributed by atoms with Gasteiger partial charge in [0.25, 0.3) is 5.78 Å². The van der Waals surface area contributed by atoms with Crippen molar-refractivity contribution in [3.63, 3.8) is 0 Å². The average molecular weight is 615 g/mol. The summed E-state index contributed by atoms with van der Waals surface area (Å²) >= 11 is 1.27. The maximum absolute atomic E-state index is 13.8. The van der Waals surface area contributed by atoms with Crippen LogP contribution in [0.3, 0.4) is 0 Å². The molecular formula is C34H34N2O7S. The molecule has 6 rings (SSSR count). The first kappa shape index (κ1) is 29.5. The number of hydrogen-bond acceptors (Lipinski definition) is 9. The molecular weight excluding hydrogens is 580 g/mol. The summed E-state index contributed by atoms with van der Waals surface area (Å²) in [4.78, 5) is 33.7. The van der Waals surface area contributed by atoms with Crippen LogP contribution in [-0.4, -0.2) is 48.2 Å². The zero-order valence-corrected chi connectivity index (χ0v) is 25.9. The van der Waals surface area contributed by atoms with Crippen molar-refractivity contribution in [2.24, 2.45) is 0 Å². The summed E-state index contributed by atoms with van der Waals surface area (Å²) in [5, 5.41) is 12.1. The first-order valence-corrected chi connectivity index (χ1v) is 15.6. The minimum Gasteiger partial charge on any atom is -0.507 e.